The molecule has 1 aromatic carbocycles. The molecular weight excluding hydrogens is 260 g/mol. The van der Waals surface area contributed by atoms with Crippen molar-refractivity contribution in [3.05, 3.63) is 34.3 Å². The van der Waals surface area contributed by atoms with Crippen LogP contribution in [0, 0.1) is 0 Å². The van der Waals surface area contributed by atoms with Crippen LogP contribution >= 0.6 is 0 Å². The number of aromatic amines is 1. The lowest BCUT2D eigenvalue weighted by atomic mass is 9.93. The molecule has 20 heavy (non-hydrogen) atoms. The summed E-state index contributed by atoms with van der Waals surface area (Å²) < 4.78 is 5.01. The zero-order chi connectivity index (χ0) is 14.1. The van der Waals surface area contributed by atoms with Crippen molar-refractivity contribution in [3.8, 4) is 0 Å². The molecule has 6 heteroatoms. The lowest BCUT2D eigenvalue weighted by Gasteiger charge is -2.26. The second-order valence-electron chi connectivity index (χ2n) is 5.18. The number of hydrogen-bond donors (Lipinski definition) is 3. The Kier molecular flexibility index (Phi) is 3.31. The zero-order valence-electron chi connectivity index (χ0n) is 10.9. The molecule has 0 unspecified atom stereocenters. The Hall–Kier alpha value is -2.08. The molecule has 1 heterocycles. The Morgan fingerprint density at radius 2 is 2.05 bits per heavy atom. The third-order valence-corrected chi connectivity index (χ3v) is 3.72. The van der Waals surface area contributed by atoms with Crippen LogP contribution in [0.3, 0.4) is 0 Å². The third-order valence-electron chi connectivity index (χ3n) is 3.72. The molecule has 1 aliphatic carbocycles. The number of carbonyl (C=O) groups excluding carboxylic acids is 1. The van der Waals surface area contributed by atoms with Gasteiger partial charge in [0, 0.05) is 6.04 Å². The third kappa shape index (κ3) is 2.46. The van der Waals surface area contributed by atoms with E-state index in [9.17, 15) is 14.7 Å². The summed E-state index contributed by atoms with van der Waals surface area (Å²) in [6.45, 7) is 0. The van der Waals surface area contributed by atoms with Crippen molar-refractivity contribution in [2.75, 3.05) is 0 Å². The van der Waals surface area contributed by atoms with Gasteiger partial charge in [-0.2, -0.15) is 0 Å². The molecule has 3 rings (SSSR count). The van der Waals surface area contributed by atoms with Crippen LogP contribution in [-0.2, 0) is 0 Å². The van der Waals surface area contributed by atoms with Gasteiger partial charge in [0.2, 0.25) is 0 Å². The topological polar surface area (TPSA) is 95.3 Å². The molecule has 0 aliphatic heterocycles. The minimum absolute atomic E-state index is 0.0619. The number of oxazole rings is 1. The first-order valence-corrected chi connectivity index (χ1v) is 6.74. The summed E-state index contributed by atoms with van der Waals surface area (Å²) in [7, 11) is 0. The molecule has 3 N–H and O–H groups in total. The molecule has 0 bridgehead atoms. The summed E-state index contributed by atoms with van der Waals surface area (Å²) in [5.74, 6) is -0.819. The molecule has 106 valence electrons. The highest BCUT2D eigenvalue weighted by Crippen LogP contribution is 2.20. The van der Waals surface area contributed by atoms with Gasteiger partial charge in [0.1, 0.15) is 0 Å². The zero-order valence-corrected chi connectivity index (χ0v) is 10.9. The molecule has 1 amide bonds. The summed E-state index contributed by atoms with van der Waals surface area (Å²) in [6.07, 6.45) is 2.68. The van der Waals surface area contributed by atoms with Gasteiger partial charge in [-0.25, -0.2) is 4.79 Å². The minimum atomic E-state index is -0.568. The lowest BCUT2D eigenvalue weighted by Crippen LogP contribution is -2.38. The second kappa shape index (κ2) is 5.13. The number of carbonyl (C=O) groups is 1. The van der Waals surface area contributed by atoms with Gasteiger partial charge in [-0.3, -0.25) is 9.78 Å². The van der Waals surface area contributed by atoms with E-state index in [-0.39, 0.29) is 23.6 Å². The number of fused-ring (bicyclic) bond motifs is 1. The molecule has 1 aliphatic rings. The maximum absolute atomic E-state index is 12.3. The second-order valence-corrected chi connectivity index (χ2v) is 5.18. The van der Waals surface area contributed by atoms with Gasteiger partial charge in [0.15, 0.2) is 5.58 Å². The average Bonchev–Trinajstić information content (AvgIpc) is 2.81. The fourth-order valence-corrected chi connectivity index (χ4v) is 2.64. The van der Waals surface area contributed by atoms with E-state index in [2.05, 4.69) is 10.3 Å². The van der Waals surface area contributed by atoms with E-state index in [1.165, 1.54) is 0 Å². The SMILES string of the molecule is O=C(NC1CCC(O)CC1)c1cccc2[nH]c(=O)oc12. The molecule has 1 aromatic heterocycles. The normalized spacial score (nSPS) is 22.9. The largest absolute Gasteiger partial charge is 0.417 e. The van der Waals surface area contributed by atoms with Crippen LogP contribution in [0.5, 0.6) is 0 Å². The molecule has 0 atom stereocenters. The van der Waals surface area contributed by atoms with E-state index in [0.717, 1.165) is 12.8 Å². The number of nitrogens with one attached hydrogen (secondary N) is 2. The van der Waals surface area contributed by atoms with Crippen LogP contribution in [0.25, 0.3) is 11.1 Å². The van der Waals surface area contributed by atoms with Crippen molar-refractivity contribution in [3.63, 3.8) is 0 Å². The van der Waals surface area contributed by atoms with Crippen LogP contribution in [0.4, 0.5) is 0 Å². The van der Waals surface area contributed by atoms with Crippen molar-refractivity contribution < 1.29 is 14.3 Å². The summed E-state index contributed by atoms with van der Waals surface area (Å²) in [6, 6.07) is 5.08. The fourth-order valence-electron chi connectivity index (χ4n) is 2.64. The first kappa shape index (κ1) is 12.9. The first-order chi connectivity index (χ1) is 9.63. The van der Waals surface area contributed by atoms with Crippen LogP contribution in [0.1, 0.15) is 36.0 Å². The molecule has 6 nitrogen and oxygen atoms in total. The van der Waals surface area contributed by atoms with Gasteiger partial charge in [-0.05, 0) is 37.8 Å². The Morgan fingerprint density at radius 3 is 2.80 bits per heavy atom. The summed E-state index contributed by atoms with van der Waals surface area (Å²) in [5, 5.41) is 12.4. The van der Waals surface area contributed by atoms with Crippen molar-refractivity contribution >= 4 is 17.0 Å². The highest BCUT2D eigenvalue weighted by atomic mass is 16.4. The predicted octanol–water partition coefficient (Wildman–Crippen LogP) is 1.15. The molecule has 2 aromatic rings. The Morgan fingerprint density at radius 1 is 1.30 bits per heavy atom. The van der Waals surface area contributed by atoms with Crippen molar-refractivity contribution in [2.24, 2.45) is 0 Å². The van der Waals surface area contributed by atoms with Gasteiger partial charge in [0.05, 0.1) is 17.2 Å². The number of rotatable bonds is 2. The summed E-state index contributed by atoms with van der Waals surface area (Å²) >= 11 is 0. The molecule has 0 saturated heterocycles. The van der Waals surface area contributed by atoms with Crippen molar-refractivity contribution in [1.29, 1.82) is 0 Å². The number of benzene rings is 1. The number of aliphatic hydroxyl groups excluding tert-OH is 1. The molecule has 1 saturated carbocycles. The quantitative estimate of drug-likeness (QED) is 0.766. The average molecular weight is 276 g/mol. The molecule has 1 fully saturated rings. The number of amides is 1. The summed E-state index contributed by atoms with van der Waals surface area (Å²) in [5.41, 5.74) is 1.15. The van der Waals surface area contributed by atoms with Crippen LogP contribution in [0.2, 0.25) is 0 Å². The minimum Gasteiger partial charge on any atom is -0.407 e. The molecule has 0 radical (unpaired) electrons. The lowest BCUT2D eigenvalue weighted by molar-refractivity contribution is 0.0868. The smallest absolute Gasteiger partial charge is 0.407 e. The first-order valence-electron chi connectivity index (χ1n) is 6.74. The van der Waals surface area contributed by atoms with Crippen molar-refractivity contribution in [2.45, 2.75) is 37.8 Å². The van der Waals surface area contributed by atoms with Crippen molar-refractivity contribution in [1.82, 2.24) is 10.3 Å². The summed E-state index contributed by atoms with van der Waals surface area (Å²) in [4.78, 5) is 26.0. The molecular formula is C14H16N2O4. The fraction of sp³-hybridized carbons (Fsp3) is 0.429. The Balaban J connectivity index is 1.80. The number of aromatic nitrogens is 1. The number of aliphatic hydroxyl groups is 1. The van der Waals surface area contributed by atoms with Crippen LogP contribution in [0.15, 0.2) is 27.4 Å². The maximum Gasteiger partial charge on any atom is 0.417 e. The van der Waals surface area contributed by atoms with E-state index < -0.39 is 5.76 Å². The maximum atomic E-state index is 12.3. The van der Waals surface area contributed by atoms with Crippen LogP contribution in [-0.4, -0.2) is 28.1 Å². The van der Waals surface area contributed by atoms with Gasteiger partial charge in [0.25, 0.3) is 5.91 Å². The van der Waals surface area contributed by atoms with E-state index in [4.69, 9.17) is 4.42 Å². The van der Waals surface area contributed by atoms with E-state index in [1.807, 2.05) is 0 Å². The van der Waals surface area contributed by atoms with Gasteiger partial charge < -0.3 is 14.8 Å². The molecule has 0 spiro atoms. The number of hydrogen-bond acceptors (Lipinski definition) is 4. The highest BCUT2D eigenvalue weighted by Gasteiger charge is 2.22. The Labute approximate surface area is 114 Å². The van der Waals surface area contributed by atoms with Gasteiger partial charge >= 0.3 is 5.76 Å². The number of para-hydroxylation sites is 1. The van der Waals surface area contributed by atoms with Gasteiger partial charge in [-0.1, -0.05) is 6.07 Å². The highest BCUT2D eigenvalue weighted by molar-refractivity contribution is 6.04. The van der Waals surface area contributed by atoms with Gasteiger partial charge in [-0.15, -0.1) is 0 Å². The Bertz CT molecular complexity index is 680. The number of H-pyrrole nitrogens is 1. The van der Waals surface area contributed by atoms with Crippen LogP contribution < -0.4 is 11.1 Å². The monoisotopic (exact) mass is 276 g/mol. The van der Waals surface area contributed by atoms with E-state index >= 15 is 0 Å². The standard InChI is InChI=1S/C14H16N2O4/c17-9-6-4-8(5-7-9)15-13(18)10-2-1-3-11-12(10)20-14(19)16-11/h1-3,8-9,17H,4-7H2,(H,15,18)(H,16,19). The van der Waals surface area contributed by atoms with E-state index in [1.54, 1.807) is 18.2 Å². The van der Waals surface area contributed by atoms with E-state index in [0.29, 0.717) is 23.9 Å². The predicted molar refractivity (Wildman–Crippen MR) is 72.6 cm³/mol.